The Labute approximate surface area is 85.5 Å². The average molecular weight is 223 g/mol. The predicted octanol–water partition coefficient (Wildman–Crippen LogP) is -1.70. The lowest BCUT2D eigenvalue weighted by Crippen LogP contribution is -2.41. The van der Waals surface area contributed by atoms with Gasteiger partial charge in [0, 0.05) is 19.6 Å². The van der Waals surface area contributed by atoms with Gasteiger partial charge in [0.1, 0.15) is 0 Å². The summed E-state index contributed by atoms with van der Waals surface area (Å²) < 4.78 is 22.4. The van der Waals surface area contributed by atoms with Gasteiger partial charge in [0.05, 0.1) is 6.04 Å². The Balaban J connectivity index is 3.78. The summed E-state index contributed by atoms with van der Waals surface area (Å²) in [5, 5.41) is 2.53. The van der Waals surface area contributed by atoms with Gasteiger partial charge in [-0.1, -0.05) is 6.92 Å². The molecule has 0 spiro atoms. The van der Waals surface area contributed by atoms with Crippen LogP contribution >= 0.6 is 0 Å². The Morgan fingerprint density at radius 2 is 2.14 bits per heavy atom. The monoisotopic (exact) mass is 223 g/mol. The molecule has 1 atom stereocenters. The van der Waals surface area contributed by atoms with Crippen LogP contribution in [0.5, 0.6) is 0 Å². The number of carbonyl (C=O) groups excluding carboxylic acids is 1. The van der Waals surface area contributed by atoms with Crippen LogP contribution in [0.3, 0.4) is 0 Å². The Morgan fingerprint density at radius 3 is 2.50 bits per heavy atom. The van der Waals surface area contributed by atoms with Crippen LogP contribution in [0.2, 0.25) is 0 Å². The summed E-state index contributed by atoms with van der Waals surface area (Å²) in [6.07, 6.45) is 0. The number of nitrogens with zero attached hydrogens (tertiary/aromatic N) is 1. The summed E-state index contributed by atoms with van der Waals surface area (Å²) in [6.45, 7) is 4.29. The molecular formula is C7H17N3O3S. The molecule has 0 saturated heterocycles. The second-order valence-electron chi connectivity index (χ2n) is 2.86. The fourth-order valence-corrected chi connectivity index (χ4v) is 1.32. The molecule has 0 rings (SSSR count). The molecule has 0 fully saturated rings. The Bertz CT molecular complexity index is 245. The number of amides is 1. The van der Waals surface area contributed by atoms with Crippen LogP contribution in [0.25, 0.3) is 0 Å². The maximum Gasteiger partial charge on any atom is 0.236 e. The minimum Gasteiger partial charge on any atom is -0.353 e. The van der Waals surface area contributed by atoms with E-state index in [9.17, 15) is 13.2 Å². The van der Waals surface area contributed by atoms with Crippen molar-refractivity contribution in [1.82, 2.24) is 9.62 Å². The molecule has 0 aliphatic heterocycles. The Morgan fingerprint density at radius 1 is 1.57 bits per heavy atom. The van der Waals surface area contributed by atoms with E-state index in [1.54, 1.807) is 13.8 Å². The van der Waals surface area contributed by atoms with E-state index in [1.807, 2.05) is 0 Å². The predicted molar refractivity (Wildman–Crippen MR) is 54.2 cm³/mol. The first-order valence-electron chi connectivity index (χ1n) is 4.41. The second kappa shape index (κ2) is 6.74. The molecule has 0 radical (unpaired) electrons. The number of carbonyl (C=O) groups is 1. The molecule has 0 unspecified atom stereocenters. The van der Waals surface area contributed by atoms with E-state index < -0.39 is 16.9 Å². The van der Waals surface area contributed by atoms with E-state index in [4.69, 9.17) is 5.73 Å². The molecule has 7 heteroatoms. The molecule has 0 bridgehead atoms. The Kier molecular flexibility index (Phi) is 6.43. The zero-order valence-electron chi connectivity index (χ0n) is 8.40. The first kappa shape index (κ1) is 13.3. The van der Waals surface area contributed by atoms with Gasteiger partial charge in [-0.2, -0.15) is 0 Å². The highest BCUT2D eigenvalue weighted by Gasteiger charge is 2.08. The van der Waals surface area contributed by atoms with Gasteiger partial charge in [0.25, 0.3) is 0 Å². The minimum atomic E-state index is -2.56. The standard InChI is InChI=1S/C7H17N3O3S/c1-3-10(14(12)13)5-4-9-7(11)6(2)8/h6,14H,3-5,8H2,1-2H3,(H,9,11)/t6-/m0/s1. The molecule has 0 aromatic rings. The lowest BCUT2D eigenvalue weighted by molar-refractivity contribution is -0.121. The molecule has 14 heavy (non-hydrogen) atoms. The lowest BCUT2D eigenvalue weighted by Gasteiger charge is -2.13. The van der Waals surface area contributed by atoms with Crippen molar-refractivity contribution in [3.05, 3.63) is 0 Å². The number of likely N-dealkylation sites (N-methyl/N-ethyl adjacent to an activating group) is 1. The first-order valence-corrected chi connectivity index (χ1v) is 5.54. The molecule has 0 saturated carbocycles. The molecule has 0 aromatic heterocycles. The topological polar surface area (TPSA) is 92.5 Å². The van der Waals surface area contributed by atoms with E-state index in [-0.39, 0.29) is 19.0 Å². The van der Waals surface area contributed by atoms with E-state index >= 15 is 0 Å². The Hall–Kier alpha value is -0.660. The molecule has 6 nitrogen and oxygen atoms in total. The SMILES string of the molecule is CCN(CCNC(=O)[C@H](C)N)[SH](=O)=O. The zero-order valence-corrected chi connectivity index (χ0v) is 9.29. The van der Waals surface area contributed by atoms with Crippen LogP contribution in [0.4, 0.5) is 0 Å². The van der Waals surface area contributed by atoms with Crippen molar-refractivity contribution in [2.75, 3.05) is 19.6 Å². The molecule has 0 aliphatic rings. The zero-order chi connectivity index (χ0) is 11.1. The van der Waals surface area contributed by atoms with Crippen molar-refractivity contribution in [1.29, 1.82) is 0 Å². The van der Waals surface area contributed by atoms with Crippen LogP contribution in [-0.4, -0.2) is 44.3 Å². The number of hydrogen-bond acceptors (Lipinski definition) is 4. The summed E-state index contributed by atoms with van der Waals surface area (Å²) in [5.41, 5.74) is 5.30. The highest BCUT2D eigenvalue weighted by Crippen LogP contribution is 1.85. The average Bonchev–Trinajstić information content (AvgIpc) is 2.11. The number of hydrogen-bond donors (Lipinski definition) is 3. The third-order valence-electron chi connectivity index (χ3n) is 1.68. The van der Waals surface area contributed by atoms with E-state index in [0.29, 0.717) is 6.54 Å². The minimum absolute atomic E-state index is 0.276. The summed E-state index contributed by atoms with van der Waals surface area (Å²) >= 11 is 0. The fourth-order valence-electron chi connectivity index (χ4n) is 0.824. The number of nitrogens with one attached hydrogen (secondary N) is 1. The van der Waals surface area contributed by atoms with Crippen LogP contribution in [0.1, 0.15) is 13.8 Å². The van der Waals surface area contributed by atoms with Crippen LogP contribution in [0.15, 0.2) is 0 Å². The van der Waals surface area contributed by atoms with E-state index in [0.717, 1.165) is 0 Å². The molecule has 0 heterocycles. The maximum atomic E-state index is 11.0. The highest BCUT2D eigenvalue weighted by atomic mass is 32.2. The van der Waals surface area contributed by atoms with Crippen molar-refractivity contribution < 1.29 is 13.2 Å². The normalized spacial score (nSPS) is 13.2. The summed E-state index contributed by atoms with van der Waals surface area (Å²) in [6, 6.07) is -0.564. The summed E-state index contributed by atoms with van der Waals surface area (Å²) in [5.74, 6) is -0.276. The molecular weight excluding hydrogens is 206 g/mol. The van der Waals surface area contributed by atoms with Gasteiger partial charge in [0.15, 0.2) is 0 Å². The molecule has 0 aliphatic carbocycles. The quantitative estimate of drug-likeness (QED) is 0.468. The smallest absolute Gasteiger partial charge is 0.236 e. The number of thiol groups is 1. The first-order chi connectivity index (χ1) is 6.49. The third kappa shape index (κ3) is 5.15. The highest BCUT2D eigenvalue weighted by molar-refractivity contribution is 7.69. The van der Waals surface area contributed by atoms with Crippen molar-refractivity contribution in [2.24, 2.45) is 5.73 Å². The number of rotatable bonds is 6. The van der Waals surface area contributed by atoms with Crippen molar-refractivity contribution in [2.45, 2.75) is 19.9 Å². The summed E-state index contributed by atoms with van der Waals surface area (Å²) in [4.78, 5) is 11.0. The van der Waals surface area contributed by atoms with Crippen molar-refractivity contribution in [3.63, 3.8) is 0 Å². The largest absolute Gasteiger partial charge is 0.353 e. The molecule has 0 aromatic carbocycles. The van der Waals surface area contributed by atoms with Gasteiger partial charge in [-0.15, -0.1) is 0 Å². The van der Waals surface area contributed by atoms with Gasteiger partial charge < -0.3 is 11.1 Å². The van der Waals surface area contributed by atoms with Crippen molar-refractivity contribution >= 4 is 16.8 Å². The lowest BCUT2D eigenvalue weighted by atomic mass is 10.3. The molecule has 1 amide bonds. The van der Waals surface area contributed by atoms with Crippen molar-refractivity contribution in [3.8, 4) is 0 Å². The molecule has 3 N–H and O–H groups in total. The summed E-state index contributed by atoms with van der Waals surface area (Å²) in [7, 11) is -2.56. The van der Waals surface area contributed by atoms with Gasteiger partial charge in [-0.3, -0.25) is 4.79 Å². The van der Waals surface area contributed by atoms with E-state index in [2.05, 4.69) is 5.32 Å². The second-order valence-corrected chi connectivity index (χ2v) is 3.91. The van der Waals surface area contributed by atoms with E-state index in [1.165, 1.54) is 4.31 Å². The molecule has 84 valence electrons. The van der Waals surface area contributed by atoms with Gasteiger partial charge in [-0.05, 0) is 6.92 Å². The van der Waals surface area contributed by atoms with Gasteiger partial charge in [0.2, 0.25) is 16.8 Å². The fraction of sp³-hybridized carbons (Fsp3) is 0.857. The van der Waals surface area contributed by atoms with Crippen LogP contribution < -0.4 is 11.1 Å². The van der Waals surface area contributed by atoms with Gasteiger partial charge >= 0.3 is 0 Å². The third-order valence-corrected chi connectivity index (χ3v) is 2.62. The van der Waals surface area contributed by atoms with Gasteiger partial charge in [-0.25, -0.2) is 12.7 Å². The maximum absolute atomic E-state index is 11.0. The van der Waals surface area contributed by atoms with Crippen LogP contribution in [-0.2, 0) is 15.7 Å². The number of nitrogens with two attached hydrogens (primary N) is 1. The van der Waals surface area contributed by atoms with Crippen LogP contribution in [0, 0.1) is 0 Å².